The molecule has 132 valence electrons. The Kier molecular flexibility index (Phi) is 4.34. The Morgan fingerprint density at radius 3 is 2.84 bits per heavy atom. The molecule has 1 aromatic carbocycles. The normalized spacial score (nSPS) is 21.2. The summed E-state index contributed by atoms with van der Waals surface area (Å²) in [5, 5.41) is 4.64. The number of amides is 1. The van der Waals surface area contributed by atoms with Crippen molar-refractivity contribution >= 4 is 5.91 Å². The molecule has 3 heterocycles. The van der Waals surface area contributed by atoms with Crippen molar-refractivity contribution in [2.75, 3.05) is 20.1 Å². The molecule has 1 amide bonds. The molecule has 0 aliphatic carbocycles. The summed E-state index contributed by atoms with van der Waals surface area (Å²) in [6.07, 6.45) is 3.17. The number of aryl methyl sites for hydroxylation is 2. The van der Waals surface area contributed by atoms with Crippen LogP contribution in [0.3, 0.4) is 0 Å². The molecule has 1 atom stereocenters. The van der Waals surface area contributed by atoms with E-state index in [9.17, 15) is 4.79 Å². The fourth-order valence-electron chi connectivity index (χ4n) is 4.17. The summed E-state index contributed by atoms with van der Waals surface area (Å²) in [7, 11) is 2.12. The lowest BCUT2D eigenvalue weighted by Gasteiger charge is -2.25. The summed E-state index contributed by atoms with van der Waals surface area (Å²) < 4.78 is 2.02. The molecular weight excluding hydrogens is 312 g/mol. The lowest BCUT2D eigenvalue weighted by atomic mass is 9.99. The topological polar surface area (TPSA) is 41.4 Å². The quantitative estimate of drug-likeness (QED) is 0.845. The van der Waals surface area contributed by atoms with Crippen LogP contribution in [0.1, 0.15) is 52.6 Å². The van der Waals surface area contributed by atoms with E-state index in [2.05, 4.69) is 48.2 Å². The van der Waals surface area contributed by atoms with Crippen LogP contribution in [0.4, 0.5) is 0 Å². The van der Waals surface area contributed by atoms with Crippen molar-refractivity contribution in [2.45, 2.75) is 45.3 Å². The number of likely N-dealkylation sites (tertiary alicyclic amines) is 1. The molecule has 5 nitrogen and oxygen atoms in total. The maximum absolute atomic E-state index is 13.2. The Hall–Kier alpha value is -2.14. The van der Waals surface area contributed by atoms with E-state index in [1.165, 1.54) is 11.1 Å². The first-order chi connectivity index (χ1) is 12.1. The van der Waals surface area contributed by atoms with Crippen molar-refractivity contribution in [3.05, 3.63) is 52.8 Å². The minimum Gasteiger partial charge on any atom is -0.330 e. The van der Waals surface area contributed by atoms with Crippen molar-refractivity contribution in [3.8, 4) is 0 Å². The zero-order valence-electron chi connectivity index (χ0n) is 15.1. The van der Waals surface area contributed by atoms with Crippen LogP contribution >= 0.6 is 0 Å². The van der Waals surface area contributed by atoms with Gasteiger partial charge >= 0.3 is 0 Å². The Balaban J connectivity index is 1.60. The Labute approximate surface area is 149 Å². The van der Waals surface area contributed by atoms with E-state index in [1.54, 1.807) is 0 Å². The minimum absolute atomic E-state index is 0.0778. The summed E-state index contributed by atoms with van der Waals surface area (Å²) in [6.45, 7) is 5.79. The fraction of sp³-hybridized carbons (Fsp3) is 0.500. The number of hydrogen-bond acceptors (Lipinski definition) is 3. The largest absolute Gasteiger partial charge is 0.330 e. The molecule has 2 aliphatic rings. The number of fused-ring (bicyclic) bond motifs is 1. The van der Waals surface area contributed by atoms with Crippen LogP contribution in [-0.4, -0.2) is 45.6 Å². The maximum Gasteiger partial charge on any atom is 0.274 e. The summed E-state index contributed by atoms with van der Waals surface area (Å²) in [5.74, 6) is 0.0778. The van der Waals surface area contributed by atoms with Gasteiger partial charge in [-0.3, -0.25) is 9.48 Å². The van der Waals surface area contributed by atoms with E-state index in [0.717, 1.165) is 51.1 Å². The smallest absolute Gasteiger partial charge is 0.274 e. The summed E-state index contributed by atoms with van der Waals surface area (Å²) >= 11 is 0. The van der Waals surface area contributed by atoms with Crippen molar-refractivity contribution in [1.29, 1.82) is 0 Å². The van der Waals surface area contributed by atoms with Crippen LogP contribution in [0.25, 0.3) is 0 Å². The van der Waals surface area contributed by atoms with E-state index in [1.807, 2.05) is 15.6 Å². The van der Waals surface area contributed by atoms with Crippen molar-refractivity contribution in [3.63, 3.8) is 0 Å². The van der Waals surface area contributed by atoms with Gasteiger partial charge in [0.1, 0.15) is 0 Å². The predicted molar refractivity (Wildman–Crippen MR) is 97.4 cm³/mol. The van der Waals surface area contributed by atoms with Crippen LogP contribution in [0.5, 0.6) is 0 Å². The van der Waals surface area contributed by atoms with E-state index < -0.39 is 0 Å². The summed E-state index contributed by atoms with van der Waals surface area (Å²) in [4.78, 5) is 17.5. The average Bonchev–Trinajstić information content (AvgIpc) is 3.19. The van der Waals surface area contributed by atoms with Crippen LogP contribution in [-0.2, 0) is 13.1 Å². The molecule has 1 fully saturated rings. The Bertz CT molecular complexity index is 782. The van der Waals surface area contributed by atoms with Gasteiger partial charge in [-0.05, 0) is 50.4 Å². The van der Waals surface area contributed by atoms with E-state index in [-0.39, 0.29) is 11.9 Å². The number of benzene rings is 1. The second kappa shape index (κ2) is 6.64. The van der Waals surface area contributed by atoms with Gasteiger partial charge in [0.15, 0.2) is 5.69 Å². The SMILES string of the molecule is Cc1ccccc1[C@@H]1CCCN1C(=O)c1cc2n(n1)CCCN(C)C2. The van der Waals surface area contributed by atoms with Gasteiger partial charge < -0.3 is 9.80 Å². The predicted octanol–water partition coefficient (Wildman–Crippen LogP) is 3.00. The molecule has 0 bridgehead atoms. The summed E-state index contributed by atoms with van der Waals surface area (Å²) in [6, 6.07) is 10.6. The zero-order chi connectivity index (χ0) is 17.4. The lowest BCUT2D eigenvalue weighted by Crippen LogP contribution is -2.31. The molecule has 25 heavy (non-hydrogen) atoms. The molecule has 4 rings (SSSR count). The van der Waals surface area contributed by atoms with Gasteiger partial charge in [0.25, 0.3) is 5.91 Å². The Morgan fingerprint density at radius 1 is 1.16 bits per heavy atom. The molecule has 0 N–H and O–H groups in total. The van der Waals surface area contributed by atoms with Crippen LogP contribution < -0.4 is 0 Å². The number of carbonyl (C=O) groups excluding carboxylic acids is 1. The first kappa shape index (κ1) is 16.3. The number of nitrogens with zero attached hydrogens (tertiary/aromatic N) is 4. The molecule has 0 unspecified atom stereocenters. The number of aromatic nitrogens is 2. The third kappa shape index (κ3) is 3.09. The standard InChI is InChI=1S/C20H26N4O/c1-15-7-3-4-8-17(15)19-9-5-11-23(19)20(25)18-13-16-14-22(2)10-6-12-24(16)21-18/h3-4,7-8,13,19H,5-6,9-12,14H2,1-2H3/t19-/m0/s1. The molecule has 0 radical (unpaired) electrons. The van der Waals surface area contributed by atoms with E-state index in [4.69, 9.17) is 0 Å². The highest BCUT2D eigenvalue weighted by Crippen LogP contribution is 2.34. The molecule has 2 aromatic rings. The van der Waals surface area contributed by atoms with Crippen molar-refractivity contribution in [2.24, 2.45) is 0 Å². The molecule has 1 saturated heterocycles. The summed E-state index contributed by atoms with van der Waals surface area (Å²) in [5.41, 5.74) is 4.28. The van der Waals surface area contributed by atoms with Gasteiger partial charge in [0.2, 0.25) is 0 Å². The van der Waals surface area contributed by atoms with Crippen LogP contribution in [0.15, 0.2) is 30.3 Å². The zero-order valence-corrected chi connectivity index (χ0v) is 15.1. The first-order valence-corrected chi connectivity index (χ1v) is 9.25. The monoisotopic (exact) mass is 338 g/mol. The second-order valence-electron chi connectivity index (χ2n) is 7.35. The van der Waals surface area contributed by atoms with Crippen molar-refractivity contribution < 1.29 is 4.79 Å². The van der Waals surface area contributed by atoms with Gasteiger partial charge in [0.05, 0.1) is 11.7 Å². The number of carbonyl (C=O) groups is 1. The fourth-order valence-corrected chi connectivity index (χ4v) is 4.17. The molecule has 0 saturated carbocycles. The van der Waals surface area contributed by atoms with E-state index in [0.29, 0.717) is 5.69 Å². The Morgan fingerprint density at radius 2 is 2.00 bits per heavy atom. The third-order valence-electron chi connectivity index (χ3n) is 5.49. The van der Waals surface area contributed by atoms with Gasteiger partial charge in [-0.2, -0.15) is 5.10 Å². The number of hydrogen-bond donors (Lipinski definition) is 0. The lowest BCUT2D eigenvalue weighted by molar-refractivity contribution is 0.0728. The molecule has 0 spiro atoms. The molecular formula is C20H26N4O. The van der Waals surface area contributed by atoms with Gasteiger partial charge in [0, 0.05) is 26.2 Å². The highest BCUT2D eigenvalue weighted by Gasteiger charge is 2.33. The maximum atomic E-state index is 13.2. The third-order valence-corrected chi connectivity index (χ3v) is 5.49. The van der Waals surface area contributed by atoms with Crippen molar-refractivity contribution in [1.82, 2.24) is 19.6 Å². The highest BCUT2D eigenvalue weighted by molar-refractivity contribution is 5.93. The minimum atomic E-state index is 0.0778. The molecule has 2 aliphatic heterocycles. The van der Waals surface area contributed by atoms with Gasteiger partial charge in [-0.1, -0.05) is 24.3 Å². The average molecular weight is 338 g/mol. The first-order valence-electron chi connectivity index (χ1n) is 9.25. The number of rotatable bonds is 2. The van der Waals surface area contributed by atoms with Gasteiger partial charge in [-0.15, -0.1) is 0 Å². The van der Waals surface area contributed by atoms with Gasteiger partial charge in [-0.25, -0.2) is 0 Å². The molecule has 1 aromatic heterocycles. The molecule has 5 heteroatoms. The highest BCUT2D eigenvalue weighted by atomic mass is 16.2. The van der Waals surface area contributed by atoms with Crippen LogP contribution in [0, 0.1) is 6.92 Å². The van der Waals surface area contributed by atoms with Crippen LogP contribution in [0.2, 0.25) is 0 Å². The van der Waals surface area contributed by atoms with E-state index >= 15 is 0 Å². The second-order valence-corrected chi connectivity index (χ2v) is 7.35.